The summed E-state index contributed by atoms with van der Waals surface area (Å²) in [4.78, 5) is 9.83. The van der Waals surface area contributed by atoms with Gasteiger partial charge in [0.1, 0.15) is 11.6 Å². The van der Waals surface area contributed by atoms with Crippen LogP contribution in [-0.2, 0) is 12.8 Å². The Bertz CT molecular complexity index is 478. The lowest BCUT2D eigenvalue weighted by molar-refractivity contribution is 0.742. The first-order valence-corrected chi connectivity index (χ1v) is 9.80. The molecular weight excluding hydrogens is 286 g/mol. The van der Waals surface area contributed by atoms with Gasteiger partial charge in [0.05, 0.1) is 5.25 Å². The summed E-state index contributed by atoms with van der Waals surface area (Å²) in [5.74, 6) is 4.68. The second-order valence-electron chi connectivity index (χ2n) is 5.35. The highest BCUT2D eigenvalue weighted by Gasteiger charge is 2.30. The minimum absolute atomic E-state index is 0.474. The van der Waals surface area contributed by atoms with E-state index in [1.54, 1.807) is 0 Å². The fraction of sp³-hybridized carbons (Fsp3) is 0.733. The Hall–Kier alpha value is -0.420. The summed E-state index contributed by atoms with van der Waals surface area (Å²) in [6, 6.07) is 0. The molecule has 3 rings (SSSR count). The molecule has 0 aromatic carbocycles. The van der Waals surface area contributed by atoms with Crippen LogP contribution in [0.3, 0.4) is 0 Å². The Morgan fingerprint density at radius 3 is 2.80 bits per heavy atom. The molecular formula is C15H23N3S2. The third-order valence-corrected chi connectivity index (χ3v) is 7.24. The predicted octanol–water partition coefficient (Wildman–Crippen LogP) is 3.70. The number of nitrogens with zero attached hydrogens (tertiary/aromatic N) is 2. The molecule has 1 fully saturated rings. The molecule has 2 unspecified atom stereocenters. The number of hydrogen-bond donors (Lipinski definition) is 1. The van der Waals surface area contributed by atoms with Crippen molar-refractivity contribution < 1.29 is 0 Å². The Morgan fingerprint density at radius 1 is 1.15 bits per heavy atom. The molecule has 1 saturated heterocycles. The second kappa shape index (κ2) is 6.56. The molecule has 0 radical (unpaired) electrons. The predicted molar refractivity (Wildman–Crippen MR) is 90.0 cm³/mol. The number of thioether (sulfide) groups is 2. The van der Waals surface area contributed by atoms with Crippen LogP contribution in [0.1, 0.15) is 49.0 Å². The summed E-state index contributed by atoms with van der Waals surface area (Å²) in [7, 11) is 0. The monoisotopic (exact) mass is 309 g/mol. The van der Waals surface area contributed by atoms with Crippen molar-refractivity contribution in [2.45, 2.75) is 50.0 Å². The number of aryl methyl sites for hydroxylation is 1. The van der Waals surface area contributed by atoms with Crippen molar-refractivity contribution in [1.82, 2.24) is 9.97 Å². The highest BCUT2D eigenvalue weighted by Crippen LogP contribution is 2.43. The van der Waals surface area contributed by atoms with Gasteiger partial charge in [0, 0.05) is 34.6 Å². The van der Waals surface area contributed by atoms with Gasteiger partial charge in [0.25, 0.3) is 0 Å². The van der Waals surface area contributed by atoms with Crippen LogP contribution in [0.15, 0.2) is 0 Å². The minimum atomic E-state index is 0.474. The van der Waals surface area contributed by atoms with E-state index in [4.69, 9.17) is 9.97 Å². The number of hydrogen-bond acceptors (Lipinski definition) is 5. The third-order valence-electron chi connectivity index (χ3n) is 4.00. The largest absolute Gasteiger partial charge is 0.370 e. The van der Waals surface area contributed by atoms with Crippen molar-refractivity contribution in [2.75, 3.05) is 23.4 Å². The average Bonchev–Trinajstić information content (AvgIpc) is 2.96. The van der Waals surface area contributed by atoms with Crippen LogP contribution < -0.4 is 5.32 Å². The van der Waals surface area contributed by atoms with Crippen LogP contribution >= 0.6 is 23.5 Å². The van der Waals surface area contributed by atoms with E-state index in [0.29, 0.717) is 10.5 Å². The second-order valence-corrected chi connectivity index (χ2v) is 7.94. The number of anilines is 1. The third kappa shape index (κ3) is 2.80. The molecule has 2 aliphatic rings. The van der Waals surface area contributed by atoms with Gasteiger partial charge in [-0.25, -0.2) is 9.97 Å². The fourth-order valence-corrected chi connectivity index (χ4v) is 6.03. The van der Waals surface area contributed by atoms with Gasteiger partial charge in [0.2, 0.25) is 0 Å². The van der Waals surface area contributed by atoms with E-state index < -0.39 is 0 Å². The van der Waals surface area contributed by atoms with Gasteiger partial charge >= 0.3 is 0 Å². The SMILES string of the molecule is CCNc1nc(C2SCCSC2CC)nc2c1CCC2. The van der Waals surface area contributed by atoms with E-state index in [0.717, 1.165) is 31.0 Å². The van der Waals surface area contributed by atoms with Crippen molar-refractivity contribution in [3.05, 3.63) is 17.1 Å². The van der Waals surface area contributed by atoms with Crippen molar-refractivity contribution in [3.63, 3.8) is 0 Å². The lowest BCUT2D eigenvalue weighted by Gasteiger charge is -2.29. The number of aromatic nitrogens is 2. The van der Waals surface area contributed by atoms with Crippen LogP contribution in [0.4, 0.5) is 5.82 Å². The fourth-order valence-electron chi connectivity index (χ4n) is 3.03. The molecule has 1 aromatic heterocycles. The molecule has 3 nitrogen and oxygen atoms in total. The van der Waals surface area contributed by atoms with Gasteiger partial charge < -0.3 is 5.32 Å². The Labute approximate surface area is 130 Å². The summed E-state index contributed by atoms with van der Waals surface area (Å²) in [6.07, 6.45) is 4.71. The van der Waals surface area contributed by atoms with Crippen LogP contribution in [0.5, 0.6) is 0 Å². The molecule has 1 aliphatic heterocycles. The van der Waals surface area contributed by atoms with Gasteiger partial charge in [-0.3, -0.25) is 0 Å². The van der Waals surface area contributed by atoms with Crippen LogP contribution in [0.2, 0.25) is 0 Å². The van der Waals surface area contributed by atoms with Crippen molar-refractivity contribution in [3.8, 4) is 0 Å². The number of fused-ring (bicyclic) bond motifs is 1. The summed E-state index contributed by atoms with van der Waals surface area (Å²) >= 11 is 4.15. The molecule has 0 amide bonds. The molecule has 1 N–H and O–H groups in total. The maximum Gasteiger partial charge on any atom is 0.145 e. The summed E-state index contributed by atoms with van der Waals surface area (Å²) in [5, 5.41) is 4.60. The highest BCUT2D eigenvalue weighted by molar-refractivity contribution is 8.06. The maximum atomic E-state index is 4.93. The first kappa shape index (κ1) is 14.5. The smallest absolute Gasteiger partial charge is 0.145 e. The molecule has 110 valence electrons. The van der Waals surface area contributed by atoms with Gasteiger partial charge in [-0.15, -0.1) is 11.8 Å². The first-order valence-electron chi connectivity index (χ1n) is 7.70. The topological polar surface area (TPSA) is 37.8 Å². The Balaban J connectivity index is 1.94. The molecule has 0 saturated carbocycles. The average molecular weight is 310 g/mol. The van der Waals surface area contributed by atoms with Crippen molar-refractivity contribution in [2.24, 2.45) is 0 Å². The maximum absolute atomic E-state index is 4.93. The Kier molecular flexibility index (Phi) is 4.76. The van der Waals surface area contributed by atoms with Gasteiger partial charge in [0.15, 0.2) is 0 Å². The summed E-state index contributed by atoms with van der Waals surface area (Å²) in [5.41, 5.74) is 2.68. The molecule has 1 aromatic rings. The standard InChI is InChI=1S/C15H23N3S2/c1-3-12-13(20-9-8-19-12)15-17-11-7-5-6-10(11)14(18-15)16-4-2/h12-13H,3-9H2,1-2H3,(H,16,17,18). The van der Waals surface area contributed by atoms with E-state index in [-0.39, 0.29) is 0 Å². The molecule has 2 heterocycles. The van der Waals surface area contributed by atoms with E-state index >= 15 is 0 Å². The molecule has 0 spiro atoms. The normalized spacial score (nSPS) is 25.5. The van der Waals surface area contributed by atoms with Crippen LogP contribution in [0, 0.1) is 0 Å². The molecule has 1 aliphatic carbocycles. The minimum Gasteiger partial charge on any atom is -0.370 e. The summed E-state index contributed by atoms with van der Waals surface area (Å²) in [6.45, 7) is 5.37. The highest BCUT2D eigenvalue weighted by atomic mass is 32.2. The molecule has 20 heavy (non-hydrogen) atoms. The van der Waals surface area contributed by atoms with Crippen molar-refractivity contribution in [1.29, 1.82) is 0 Å². The number of nitrogens with one attached hydrogen (secondary N) is 1. The molecule has 2 atom stereocenters. The zero-order chi connectivity index (χ0) is 13.9. The van der Waals surface area contributed by atoms with Crippen LogP contribution in [-0.4, -0.2) is 33.3 Å². The number of rotatable bonds is 4. The zero-order valence-electron chi connectivity index (χ0n) is 12.3. The van der Waals surface area contributed by atoms with E-state index in [9.17, 15) is 0 Å². The summed E-state index contributed by atoms with van der Waals surface area (Å²) < 4.78 is 0. The molecule has 5 heteroatoms. The van der Waals surface area contributed by atoms with Crippen LogP contribution in [0.25, 0.3) is 0 Å². The van der Waals surface area contributed by atoms with E-state index in [2.05, 4.69) is 30.9 Å². The quantitative estimate of drug-likeness (QED) is 0.918. The van der Waals surface area contributed by atoms with Crippen molar-refractivity contribution >= 4 is 29.3 Å². The lowest BCUT2D eigenvalue weighted by Crippen LogP contribution is -2.21. The lowest BCUT2D eigenvalue weighted by atomic mass is 10.2. The van der Waals surface area contributed by atoms with E-state index in [1.165, 1.54) is 35.6 Å². The zero-order valence-corrected chi connectivity index (χ0v) is 13.9. The van der Waals surface area contributed by atoms with Gasteiger partial charge in [-0.1, -0.05) is 6.92 Å². The molecule has 0 bridgehead atoms. The van der Waals surface area contributed by atoms with Gasteiger partial charge in [-0.2, -0.15) is 11.8 Å². The van der Waals surface area contributed by atoms with Gasteiger partial charge in [-0.05, 0) is 32.6 Å². The van der Waals surface area contributed by atoms with E-state index in [1.807, 2.05) is 11.8 Å². The first-order chi connectivity index (χ1) is 9.83. The Morgan fingerprint density at radius 2 is 2.00 bits per heavy atom.